The van der Waals surface area contributed by atoms with Gasteiger partial charge in [0.05, 0.1) is 15.6 Å². The summed E-state index contributed by atoms with van der Waals surface area (Å²) in [5.41, 5.74) is 3.04. The molecule has 2 heterocycles. The fourth-order valence-corrected chi connectivity index (χ4v) is 4.60. The summed E-state index contributed by atoms with van der Waals surface area (Å²) in [6.07, 6.45) is 0. The molecular weight excluding hydrogens is 431 g/mol. The number of nitrogens with one attached hydrogen (secondary N) is 2. The Labute approximate surface area is 179 Å². The van der Waals surface area contributed by atoms with E-state index in [1.165, 1.54) is 11.3 Å². The Morgan fingerprint density at radius 2 is 1.83 bits per heavy atom. The quantitative estimate of drug-likeness (QED) is 0.337. The van der Waals surface area contributed by atoms with Gasteiger partial charge in [-0.25, -0.2) is 4.79 Å². The lowest BCUT2D eigenvalue weighted by molar-refractivity contribution is 0.0699. The van der Waals surface area contributed by atoms with Gasteiger partial charge in [0, 0.05) is 21.3 Å². The number of aromatic amines is 1. The number of carboxylic acids is 1. The molecule has 2 aromatic carbocycles. The number of carbonyl (C=O) groups excluding carboxylic acids is 1. The zero-order valence-corrected chi connectivity index (χ0v) is 17.4. The molecule has 3 N–H and O–H groups in total. The molecule has 0 saturated carbocycles. The number of carbonyl (C=O) groups is 2. The van der Waals surface area contributed by atoms with Gasteiger partial charge >= 0.3 is 5.97 Å². The first-order valence-corrected chi connectivity index (χ1v) is 10.2. The van der Waals surface area contributed by atoms with Gasteiger partial charge in [0.25, 0.3) is 5.91 Å². The number of amides is 1. The first kappa shape index (κ1) is 19.5. The number of aromatic nitrogens is 1. The number of hydrogen-bond donors (Lipinski definition) is 3. The maximum Gasteiger partial charge on any atom is 0.339 e. The molecule has 4 aromatic rings. The van der Waals surface area contributed by atoms with Crippen molar-refractivity contribution in [1.82, 2.24) is 4.98 Å². The fourth-order valence-electron chi connectivity index (χ4n) is 3.05. The third-order valence-electron chi connectivity index (χ3n) is 4.46. The van der Waals surface area contributed by atoms with E-state index in [1.54, 1.807) is 23.6 Å². The monoisotopic (exact) mass is 444 g/mol. The highest BCUT2D eigenvalue weighted by Gasteiger charge is 2.22. The Hall–Kier alpha value is -2.80. The highest BCUT2D eigenvalue weighted by molar-refractivity contribution is 7.14. The van der Waals surface area contributed by atoms with E-state index in [0.717, 1.165) is 11.1 Å². The predicted octanol–water partition coefficient (Wildman–Crippen LogP) is 6.46. The first-order chi connectivity index (χ1) is 13.8. The van der Waals surface area contributed by atoms with Gasteiger partial charge in [-0.1, -0.05) is 53.0 Å². The molecule has 0 fully saturated rings. The topological polar surface area (TPSA) is 82.2 Å². The van der Waals surface area contributed by atoms with Crippen molar-refractivity contribution in [2.75, 3.05) is 5.32 Å². The molecule has 146 valence electrons. The van der Waals surface area contributed by atoms with Crippen molar-refractivity contribution >= 4 is 63.0 Å². The third-order valence-corrected chi connectivity index (χ3v) is 6.02. The van der Waals surface area contributed by atoms with Crippen molar-refractivity contribution in [2.45, 2.75) is 6.92 Å². The molecule has 1 amide bonds. The van der Waals surface area contributed by atoms with Crippen LogP contribution in [-0.2, 0) is 0 Å². The number of anilines is 1. The number of hydrogen-bond acceptors (Lipinski definition) is 3. The maximum absolute atomic E-state index is 12.7. The molecule has 0 saturated heterocycles. The van der Waals surface area contributed by atoms with Crippen LogP contribution in [0.5, 0.6) is 0 Å². The Morgan fingerprint density at radius 3 is 2.52 bits per heavy atom. The minimum Gasteiger partial charge on any atom is -0.478 e. The summed E-state index contributed by atoms with van der Waals surface area (Å²) >= 11 is 13.4. The summed E-state index contributed by atoms with van der Waals surface area (Å²) in [5.74, 6) is -1.58. The number of benzene rings is 2. The number of thiophene rings is 1. The van der Waals surface area contributed by atoms with Crippen LogP contribution in [0.2, 0.25) is 10.0 Å². The zero-order valence-electron chi connectivity index (χ0n) is 15.0. The van der Waals surface area contributed by atoms with Crippen molar-refractivity contribution in [3.63, 3.8) is 0 Å². The Morgan fingerprint density at radius 1 is 1.10 bits per heavy atom. The maximum atomic E-state index is 12.7. The number of aryl methyl sites for hydroxylation is 1. The molecule has 0 unspecified atom stereocenters. The van der Waals surface area contributed by atoms with Crippen LogP contribution >= 0.6 is 34.5 Å². The molecule has 0 spiro atoms. The van der Waals surface area contributed by atoms with Crippen LogP contribution in [0.15, 0.2) is 47.8 Å². The van der Waals surface area contributed by atoms with E-state index in [4.69, 9.17) is 23.2 Å². The lowest BCUT2D eigenvalue weighted by atomic mass is 10.1. The van der Waals surface area contributed by atoms with Gasteiger partial charge in [-0.15, -0.1) is 11.3 Å². The summed E-state index contributed by atoms with van der Waals surface area (Å²) < 4.78 is 0. The van der Waals surface area contributed by atoms with E-state index < -0.39 is 11.9 Å². The standard InChI is InChI=1S/C21H14Cl2N2O3S/c1-10-2-4-11(5-3-10)19-18(21(27)28)17(9-29-19)25-20(26)16-8-13-14(23)6-12(22)7-15(13)24-16/h2-9,24H,1H3,(H,25,26)(H,27,28). The lowest BCUT2D eigenvalue weighted by Gasteiger charge is -2.05. The van der Waals surface area contributed by atoms with Crippen LogP contribution in [-0.4, -0.2) is 22.0 Å². The van der Waals surface area contributed by atoms with E-state index in [-0.39, 0.29) is 16.9 Å². The van der Waals surface area contributed by atoms with E-state index in [1.807, 2.05) is 31.2 Å². The lowest BCUT2D eigenvalue weighted by Crippen LogP contribution is -2.14. The summed E-state index contributed by atoms with van der Waals surface area (Å²) in [6.45, 7) is 1.96. The molecule has 5 nitrogen and oxygen atoms in total. The third kappa shape index (κ3) is 3.74. The van der Waals surface area contributed by atoms with E-state index in [2.05, 4.69) is 10.3 Å². The minimum absolute atomic E-state index is 0.0596. The molecular formula is C21H14Cl2N2O3S. The van der Waals surface area contributed by atoms with Gasteiger partial charge < -0.3 is 15.4 Å². The van der Waals surface area contributed by atoms with Gasteiger partial charge in [-0.3, -0.25) is 4.79 Å². The van der Waals surface area contributed by atoms with E-state index >= 15 is 0 Å². The van der Waals surface area contributed by atoms with Crippen molar-refractivity contribution in [3.05, 3.63) is 74.7 Å². The second kappa shape index (κ2) is 7.55. The first-order valence-electron chi connectivity index (χ1n) is 8.54. The highest BCUT2D eigenvalue weighted by atomic mass is 35.5. The van der Waals surface area contributed by atoms with Crippen LogP contribution in [0, 0.1) is 6.92 Å². The van der Waals surface area contributed by atoms with Gasteiger partial charge in [0.1, 0.15) is 11.3 Å². The summed E-state index contributed by atoms with van der Waals surface area (Å²) in [7, 11) is 0. The molecule has 2 aromatic heterocycles. The van der Waals surface area contributed by atoms with Crippen LogP contribution < -0.4 is 5.32 Å². The molecule has 0 aliphatic rings. The SMILES string of the molecule is Cc1ccc(-c2scc(NC(=O)c3cc4c(Cl)cc(Cl)cc4[nH]3)c2C(=O)O)cc1. The molecule has 4 rings (SSSR count). The second-order valence-electron chi connectivity index (χ2n) is 6.51. The number of aromatic carboxylic acids is 1. The Bertz CT molecular complexity index is 1260. The zero-order chi connectivity index (χ0) is 20.7. The number of H-pyrrole nitrogens is 1. The predicted molar refractivity (Wildman–Crippen MR) is 118 cm³/mol. The Kier molecular flexibility index (Phi) is 5.08. The number of halogens is 2. The number of carboxylic acid groups (broad SMARTS) is 1. The fraction of sp³-hybridized carbons (Fsp3) is 0.0476. The largest absolute Gasteiger partial charge is 0.478 e. The Balaban J connectivity index is 1.69. The average Bonchev–Trinajstić information content (AvgIpc) is 3.27. The smallest absolute Gasteiger partial charge is 0.339 e. The van der Waals surface area contributed by atoms with Crippen LogP contribution in [0.3, 0.4) is 0 Å². The minimum atomic E-state index is -1.11. The van der Waals surface area contributed by atoms with Gasteiger partial charge in [0.15, 0.2) is 0 Å². The molecule has 0 bridgehead atoms. The molecule has 0 aliphatic carbocycles. The normalized spacial score (nSPS) is 11.0. The van der Waals surface area contributed by atoms with E-state index in [9.17, 15) is 14.7 Å². The van der Waals surface area contributed by atoms with Gasteiger partial charge in [-0.2, -0.15) is 0 Å². The molecule has 0 radical (unpaired) electrons. The van der Waals surface area contributed by atoms with Gasteiger partial charge in [-0.05, 0) is 30.7 Å². The molecule has 8 heteroatoms. The van der Waals surface area contributed by atoms with Crippen molar-refractivity contribution in [3.8, 4) is 10.4 Å². The van der Waals surface area contributed by atoms with Crippen LogP contribution in [0.1, 0.15) is 26.4 Å². The van der Waals surface area contributed by atoms with Crippen LogP contribution in [0.4, 0.5) is 5.69 Å². The number of rotatable bonds is 4. The van der Waals surface area contributed by atoms with E-state index in [0.29, 0.717) is 25.8 Å². The van der Waals surface area contributed by atoms with Crippen LogP contribution in [0.25, 0.3) is 21.3 Å². The summed E-state index contributed by atoms with van der Waals surface area (Å²) in [6, 6.07) is 12.4. The van der Waals surface area contributed by atoms with Crippen molar-refractivity contribution < 1.29 is 14.7 Å². The second-order valence-corrected chi connectivity index (χ2v) is 8.23. The molecule has 0 aliphatic heterocycles. The van der Waals surface area contributed by atoms with Gasteiger partial charge in [0.2, 0.25) is 0 Å². The number of fused-ring (bicyclic) bond motifs is 1. The molecule has 0 atom stereocenters. The van der Waals surface area contributed by atoms with Crippen molar-refractivity contribution in [1.29, 1.82) is 0 Å². The highest BCUT2D eigenvalue weighted by Crippen LogP contribution is 2.36. The average molecular weight is 445 g/mol. The summed E-state index contributed by atoms with van der Waals surface area (Å²) in [4.78, 5) is 28.2. The van der Waals surface area contributed by atoms with Crippen molar-refractivity contribution in [2.24, 2.45) is 0 Å². The molecule has 29 heavy (non-hydrogen) atoms. The summed E-state index contributed by atoms with van der Waals surface area (Å²) in [5, 5.41) is 15.6.